The number of benzene rings is 3. The molecule has 1 N–H and O–H groups in total. The van der Waals surface area contributed by atoms with Gasteiger partial charge < -0.3 is 18.9 Å². The van der Waals surface area contributed by atoms with Crippen molar-refractivity contribution in [3.8, 4) is 23.0 Å². The van der Waals surface area contributed by atoms with Crippen LogP contribution in [0.15, 0.2) is 77.9 Å². The minimum Gasteiger partial charge on any atom is -0.494 e. The Balaban J connectivity index is 1.44. The van der Waals surface area contributed by atoms with Crippen LogP contribution in [0.4, 0.5) is 0 Å². The van der Waals surface area contributed by atoms with Crippen LogP contribution in [0.5, 0.6) is 23.0 Å². The molecule has 0 saturated heterocycles. The van der Waals surface area contributed by atoms with Crippen LogP contribution in [0.2, 0.25) is 0 Å². The van der Waals surface area contributed by atoms with E-state index in [0.29, 0.717) is 30.5 Å². The normalized spacial score (nSPS) is 10.6. The van der Waals surface area contributed by atoms with Crippen LogP contribution >= 0.6 is 0 Å². The molecule has 0 spiro atoms. The molecule has 0 aliphatic carbocycles. The molecule has 0 saturated carbocycles. The van der Waals surface area contributed by atoms with Crippen LogP contribution in [0.25, 0.3) is 0 Å². The van der Waals surface area contributed by atoms with E-state index in [-0.39, 0.29) is 12.5 Å². The highest BCUT2D eigenvalue weighted by Gasteiger charge is 2.06. The molecule has 0 aliphatic heterocycles. The molecule has 7 heteroatoms. The van der Waals surface area contributed by atoms with E-state index < -0.39 is 0 Å². The standard InChI is InChI=1S/C27H30N2O5/c1-3-4-16-32-23-11-13-24(14-12-23)33-20-27(30)29-28-18-22-10-15-25(26(17-22)31-2)34-19-21-8-6-5-7-9-21/h5-15,17-18H,3-4,16,19-20H2,1-2H3,(H,29,30). The highest BCUT2D eigenvalue weighted by molar-refractivity contribution is 5.83. The Morgan fingerprint density at radius 1 is 0.912 bits per heavy atom. The van der Waals surface area contributed by atoms with Gasteiger partial charge in [-0.1, -0.05) is 43.7 Å². The van der Waals surface area contributed by atoms with Gasteiger partial charge in [-0.25, -0.2) is 5.43 Å². The highest BCUT2D eigenvalue weighted by Crippen LogP contribution is 2.28. The lowest BCUT2D eigenvalue weighted by Crippen LogP contribution is -2.24. The number of amides is 1. The SMILES string of the molecule is CCCCOc1ccc(OCC(=O)NN=Cc2ccc(OCc3ccccc3)c(OC)c2)cc1. The van der Waals surface area contributed by atoms with Gasteiger partial charge in [0.15, 0.2) is 18.1 Å². The molecule has 0 aliphatic rings. The molecule has 0 fully saturated rings. The lowest BCUT2D eigenvalue weighted by atomic mass is 10.2. The Labute approximate surface area is 200 Å². The molecule has 34 heavy (non-hydrogen) atoms. The Morgan fingerprint density at radius 2 is 1.65 bits per heavy atom. The molecule has 3 rings (SSSR count). The van der Waals surface area contributed by atoms with Crippen LogP contribution in [-0.4, -0.2) is 32.4 Å². The average molecular weight is 463 g/mol. The predicted octanol–water partition coefficient (Wildman–Crippen LogP) is 4.98. The van der Waals surface area contributed by atoms with Crippen molar-refractivity contribution in [1.29, 1.82) is 0 Å². The fourth-order valence-electron chi connectivity index (χ4n) is 2.95. The molecule has 1 amide bonds. The van der Waals surface area contributed by atoms with Crippen molar-refractivity contribution >= 4 is 12.1 Å². The van der Waals surface area contributed by atoms with E-state index in [2.05, 4.69) is 17.5 Å². The van der Waals surface area contributed by atoms with Gasteiger partial charge in [-0.2, -0.15) is 5.10 Å². The Kier molecular flexibility index (Phi) is 9.80. The third-order valence-electron chi connectivity index (χ3n) is 4.79. The number of nitrogens with zero attached hydrogens (tertiary/aromatic N) is 1. The molecule has 0 radical (unpaired) electrons. The molecule has 7 nitrogen and oxygen atoms in total. The van der Waals surface area contributed by atoms with Crippen molar-refractivity contribution in [3.05, 3.63) is 83.9 Å². The number of unbranched alkanes of at least 4 members (excludes halogenated alkanes) is 1. The lowest BCUT2D eigenvalue weighted by molar-refractivity contribution is -0.123. The second kappa shape index (κ2) is 13.5. The molecule has 0 heterocycles. The van der Waals surface area contributed by atoms with Gasteiger partial charge in [-0.15, -0.1) is 0 Å². The number of hydrogen-bond acceptors (Lipinski definition) is 6. The topological polar surface area (TPSA) is 78.4 Å². The van der Waals surface area contributed by atoms with Crippen molar-refractivity contribution in [2.75, 3.05) is 20.3 Å². The number of nitrogens with one attached hydrogen (secondary N) is 1. The largest absolute Gasteiger partial charge is 0.494 e. The number of rotatable bonds is 13. The Bertz CT molecular complexity index is 1050. The summed E-state index contributed by atoms with van der Waals surface area (Å²) in [6.45, 7) is 3.09. The first-order valence-corrected chi connectivity index (χ1v) is 11.2. The van der Waals surface area contributed by atoms with Gasteiger partial charge in [0.1, 0.15) is 18.1 Å². The lowest BCUT2D eigenvalue weighted by Gasteiger charge is -2.11. The molecule has 178 valence electrons. The highest BCUT2D eigenvalue weighted by atomic mass is 16.5. The van der Waals surface area contributed by atoms with Crippen LogP contribution in [0.1, 0.15) is 30.9 Å². The summed E-state index contributed by atoms with van der Waals surface area (Å²) >= 11 is 0. The van der Waals surface area contributed by atoms with Gasteiger partial charge in [0.25, 0.3) is 5.91 Å². The number of carbonyl (C=O) groups is 1. The van der Waals surface area contributed by atoms with Crippen molar-refractivity contribution in [3.63, 3.8) is 0 Å². The summed E-state index contributed by atoms with van der Waals surface area (Å²) in [7, 11) is 1.58. The van der Waals surface area contributed by atoms with Gasteiger partial charge in [-0.3, -0.25) is 4.79 Å². The zero-order valence-corrected chi connectivity index (χ0v) is 19.5. The smallest absolute Gasteiger partial charge is 0.277 e. The predicted molar refractivity (Wildman–Crippen MR) is 132 cm³/mol. The van der Waals surface area contributed by atoms with Crippen molar-refractivity contribution in [2.45, 2.75) is 26.4 Å². The number of ether oxygens (including phenoxy) is 4. The summed E-state index contributed by atoms with van der Waals surface area (Å²) in [6, 6.07) is 22.5. The average Bonchev–Trinajstić information content (AvgIpc) is 2.88. The van der Waals surface area contributed by atoms with E-state index in [0.717, 1.165) is 29.7 Å². The summed E-state index contributed by atoms with van der Waals surface area (Å²) in [5, 5.41) is 3.99. The van der Waals surface area contributed by atoms with Crippen molar-refractivity contribution in [1.82, 2.24) is 5.43 Å². The van der Waals surface area contributed by atoms with Gasteiger partial charge in [-0.05, 0) is 60.0 Å². The molecule has 0 aromatic heterocycles. The zero-order valence-electron chi connectivity index (χ0n) is 19.5. The minimum absolute atomic E-state index is 0.150. The molecular weight excluding hydrogens is 432 g/mol. The summed E-state index contributed by atoms with van der Waals surface area (Å²) in [6.07, 6.45) is 3.63. The monoisotopic (exact) mass is 462 g/mol. The first-order valence-electron chi connectivity index (χ1n) is 11.2. The van der Waals surface area contributed by atoms with Crippen LogP contribution in [0, 0.1) is 0 Å². The third kappa shape index (κ3) is 8.16. The van der Waals surface area contributed by atoms with E-state index in [9.17, 15) is 4.79 Å². The Morgan fingerprint density at radius 3 is 2.35 bits per heavy atom. The van der Waals surface area contributed by atoms with E-state index in [1.165, 1.54) is 6.21 Å². The van der Waals surface area contributed by atoms with E-state index >= 15 is 0 Å². The third-order valence-corrected chi connectivity index (χ3v) is 4.79. The van der Waals surface area contributed by atoms with Gasteiger partial charge in [0, 0.05) is 0 Å². The van der Waals surface area contributed by atoms with Gasteiger partial charge in [0.2, 0.25) is 0 Å². The Hall–Kier alpha value is -4.00. The van der Waals surface area contributed by atoms with Crippen molar-refractivity contribution in [2.24, 2.45) is 5.10 Å². The van der Waals surface area contributed by atoms with Gasteiger partial charge in [0.05, 0.1) is 19.9 Å². The van der Waals surface area contributed by atoms with Crippen LogP contribution in [-0.2, 0) is 11.4 Å². The summed E-state index contributed by atoms with van der Waals surface area (Å²) in [5.74, 6) is 2.20. The van der Waals surface area contributed by atoms with E-state index in [1.54, 1.807) is 25.3 Å². The number of hydrogen-bond donors (Lipinski definition) is 1. The summed E-state index contributed by atoms with van der Waals surface area (Å²) in [4.78, 5) is 12.0. The van der Waals surface area contributed by atoms with E-state index in [4.69, 9.17) is 18.9 Å². The second-order valence-corrected chi connectivity index (χ2v) is 7.44. The van der Waals surface area contributed by atoms with Gasteiger partial charge >= 0.3 is 0 Å². The number of hydrazone groups is 1. The quantitative estimate of drug-likeness (QED) is 0.220. The fraction of sp³-hybridized carbons (Fsp3) is 0.259. The first kappa shape index (κ1) is 24.6. The van der Waals surface area contributed by atoms with Crippen molar-refractivity contribution < 1.29 is 23.7 Å². The number of carbonyl (C=O) groups excluding carboxylic acids is 1. The molecule has 0 bridgehead atoms. The summed E-state index contributed by atoms with van der Waals surface area (Å²) < 4.78 is 22.4. The fourth-order valence-corrected chi connectivity index (χ4v) is 2.95. The molecule has 0 unspecified atom stereocenters. The second-order valence-electron chi connectivity index (χ2n) is 7.44. The number of methoxy groups -OCH3 is 1. The van der Waals surface area contributed by atoms with E-state index in [1.807, 2.05) is 54.6 Å². The maximum absolute atomic E-state index is 12.0. The molecule has 3 aromatic rings. The molecule has 0 atom stereocenters. The maximum atomic E-state index is 12.0. The maximum Gasteiger partial charge on any atom is 0.277 e. The summed E-state index contributed by atoms with van der Waals surface area (Å²) in [5.41, 5.74) is 4.27. The van der Waals surface area contributed by atoms with Crippen LogP contribution in [0.3, 0.4) is 0 Å². The van der Waals surface area contributed by atoms with Crippen LogP contribution < -0.4 is 24.4 Å². The molecular formula is C27H30N2O5. The zero-order chi connectivity index (χ0) is 24.0. The molecule has 3 aromatic carbocycles. The minimum atomic E-state index is -0.366. The first-order chi connectivity index (χ1) is 16.7.